The molecule has 0 fully saturated rings. The summed E-state index contributed by atoms with van der Waals surface area (Å²) in [5.74, 6) is -14.2. The molecular weight excluding hydrogens is 1170 g/mol. The third kappa shape index (κ3) is 27.4. The third-order valence-electron chi connectivity index (χ3n) is 12.6. The van der Waals surface area contributed by atoms with Crippen LogP contribution in [-0.4, -0.2) is 181 Å². The SMILES string of the molecule is C[C@@H](CCC(=O)NCC(=O)N[C@@H](Cc1ccccc1)C(=O)NC(Cc1ccccc1)C(=O)NC[C@H](N)C(=O)N[C@@H](CC(=O)O)C(=O)N[C@@H](CS)C(=O)O)NC(=O)[C@H](Cc1ccccc1)NC(=O)CC[C@H](NC(=S)N[C@@H](CCC(=O)O)C(=O)O)C(=O)O. The van der Waals surface area contributed by atoms with Crippen LogP contribution in [0.3, 0.4) is 0 Å². The number of rotatable bonds is 38. The van der Waals surface area contributed by atoms with Crippen molar-refractivity contribution in [2.24, 2.45) is 5.73 Å². The van der Waals surface area contributed by atoms with Crippen molar-refractivity contribution in [3.63, 3.8) is 0 Å². The summed E-state index contributed by atoms with van der Waals surface area (Å²) in [6.07, 6.45) is -3.01. The van der Waals surface area contributed by atoms with E-state index in [2.05, 4.69) is 65.8 Å². The van der Waals surface area contributed by atoms with Gasteiger partial charge in [-0.1, -0.05) is 91.0 Å². The zero-order valence-electron chi connectivity index (χ0n) is 46.5. The molecule has 0 aliphatic heterocycles. The zero-order valence-corrected chi connectivity index (χ0v) is 48.2. The molecule has 86 heavy (non-hydrogen) atoms. The molecule has 0 radical (unpaired) electrons. The quantitative estimate of drug-likeness (QED) is 0.0208. The number of carboxylic acid groups (broad SMARTS) is 5. The summed E-state index contributed by atoms with van der Waals surface area (Å²) in [4.78, 5) is 165. The van der Waals surface area contributed by atoms with Gasteiger partial charge in [0.15, 0.2) is 5.11 Å². The van der Waals surface area contributed by atoms with Crippen LogP contribution in [-0.2, 0) is 81.6 Å². The van der Waals surface area contributed by atoms with Gasteiger partial charge in [0, 0.05) is 56.9 Å². The molecule has 3 aromatic rings. The van der Waals surface area contributed by atoms with Gasteiger partial charge in [0.2, 0.25) is 47.3 Å². The summed E-state index contributed by atoms with van der Waals surface area (Å²) in [7, 11) is 0. The molecule has 0 aromatic heterocycles. The highest BCUT2D eigenvalue weighted by Gasteiger charge is 2.32. The number of hydrogen-bond acceptors (Lipinski definition) is 16. The molecule has 0 spiro atoms. The molecule has 9 atom stereocenters. The minimum atomic E-state index is -1.77. The van der Waals surface area contributed by atoms with E-state index >= 15 is 0 Å². The Morgan fingerprint density at radius 3 is 1.30 bits per heavy atom. The number of hydrogen-bond donors (Lipinski definition) is 17. The van der Waals surface area contributed by atoms with E-state index in [0.29, 0.717) is 16.7 Å². The van der Waals surface area contributed by atoms with E-state index in [1.54, 1.807) is 97.9 Å². The lowest BCUT2D eigenvalue weighted by molar-refractivity contribution is -0.143. The average molecular weight is 1240 g/mol. The van der Waals surface area contributed by atoms with Crippen molar-refractivity contribution in [1.82, 2.24) is 53.2 Å². The summed E-state index contributed by atoms with van der Waals surface area (Å²) in [5, 5.41) is 70.9. The average Bonchev–Trinajstić information content (AvgIpc) is 3.49. The Morgan fingerprint density at radius 2 is 0.849 bits per heavy atom. The molecule has 3 aromatic carbocycles. The Balaban J connectivity index is 1.64. The van der Waals surface area contributed by atoms with Crippen LogP contribution in [0.25, 0.3) is 0 Å². The van der Waals surface area contributed by atoms with Gasteiger partial charge in [-0.25, -0.2) is 14.4 Å². The van der Waals surface area contributed by atoms with Crippen LogP contribution in [0.4, 0.5) is 0 Å². The summed E-state index contributed by atoms with van der Waals surface area (Å²) in [5.41, 5.74) is 7.86. The van der Waals surface area contributed by atoms with Gasteiger partial charge in [0.1, 0.15) is 48.3 Å². The first kappa shape index (κ1) is 71.0. The monoisotopic (exact) mass is 1240 g/mol. The summed E-state index contributed by atoms with van der Waals surface area (Å²) >= 11 is 8.91. The van der Waals surface area contributed by atoms with Gasteiger partial charge < -0.3 is 84.4 Å². The zero-order chi connectivity index (χ0) is 63.9. The number of aliphatic carboxylic acids is 5. The number of nitrogens with two attached hydrogens (primary N) is 1. The van der Waals surface area contributed by atoms with Gasteiger partial charge in [0.05, 0.1) is 13.0 Å². The van der Waals surface area contributed by atoms with Gasteiger partial charge in [-0.05, 0) is 55.1 Å². The molecular formula is C55H71N11O18S2. The fourth-order valence-corrected chi connectivity index (χ4v) is 8.49. The van der Waals surface area contributed by atoms with E-state index in [0.717, 1.165) is 0 Å². The van der Waals surface area contributed by atoms with Crippen LogP contribution in [0, 0.1) is 0 Å². The van der Waals surface area contributed by atoms with Crippen molar-refractivity contribution < 1.29 is 87.9 Å². The Hall–Kier alpha value is -9.23. The van der Waals surface area contributed by atoms with Gasteiger partial charge in [-0.15, -0.1) is 0 Å². The van der Waals surface area contributed by atoms with E-state index in [9.17, 15) is 82.8 Å². The van der Waals surface area contributed by atoms with E-state index in [1.807, 2.05) is 0 Å². The van der Waals surface area contributed by atoms with E-state index in [1.165, 1.54) is 0 Å². The Bertz CT molecular complexity index is 2860. The maximum atomic E-state index is 14.1. The second kappa shape index (κ2) is 37.2. The standard InChI is InChI=1S/C55H71N11O18S2/c1-30(59-49(76)38(24-32-13-7-3-8-14-32)60-43(68)21-18-35(52(79)80)65-55(86)66-36(53(81)82)19-22-45(70)71)17-20-42(67)57-28-44(69)61-39(25-33-15-9-4-10-16-33)50(77)63-37(23-31-11-5-2-6-12-31)48(75)58-27-34(56)47(74)62-40(26-46(72)73)51(78)64-41(29-85)54(83)84/h2-16,30,34-41,85H,17-29,56H2,1H3,(H,57,67)(H,58,75)(H,59,76)(H,60,68)(H,61,69)(H,62,74)(H,63,77)(H,64,78)(H,70,71)(H,72,73)(H,79,80)(H,81,82)(H,83,84)(H2,65,66,86)/t30-,34-,35-,36-,37?,38-,39-,40-,41-/m0/s1. The Labute approximate surface area is 503 Å². The van der Waals surface area contributed by atoms with E-state index in [4.69, 9.17) is 23.1 Å². The Kier molecular flexibility index (Phi) is 30.7. The number of nitrogens with one attached hydrogen (secondary N) is 10. The van der Waals surface area contributed by atoms with Gasteiger partial charge in [-0.3, -0.25) is 47.9 Å². The number of thiocarbonyl (C=S) groups is 1. The topological polar surface area (TPSA) is 469 Å². The van der Waals surface area contributed by atoms with Gasteiger partial charge in [0.25, 0.3) is 0 Å². The van der Waals surface area contributed by atoms with E-state index in [-0.39, 0.29) is 50.7 Å². The highest BCUT2D eigenvalue weighted by Crippen LogP contribution is 2.10. The molecule has 17 N–H and O–H groups in total. The molecule has 0 saturated carbocycles. The number of thiol groups is 1. The van der Waals surface area contributed by atoms with Crippen LogP contribution in [0.1, 0.15) is 68.6 Å². The molecule has 0 bridgehead atoms. The summed E-state index contributed by atoms with van der Waals surface area (Å²) in [6, 6.07) is 13.1. The van der Waals surface area contributed by atoms with Crippen LogP contribution in [0.15, 0.2) is 91.0 Å². The highest BCUT2D eigenvalue weighted by molar-refractivity contribution is 7.80. The molecule has 466 valence electrons. The highest BCUT2D eigenvalue weighted by atomic mass is 32.1. The van der Waals surface area contributed by atoms with Crippen molar-refractivity contribution in [3.05, 3.63) is 108 Å². The molecule has 3 rings (SSSR count). The number of carbonyl (C=O) groups is 13. The number of carbonyl (C=O) groups excluding carboxylic acids is 8. The normalized spacial score (nSPS) is 13.9. The van der Waals surface area contributed by atoms with Crippen LogP contribution >= 0.6 is 24.8 Å². The minimum absolute atomic E-state index is 0.00251. The predicted molar refractivity (Wildman–Crippen MR) is 312 cm³/mol. The molecule has 0 heterocycles. The molecule has 0 aliphatic carbocycles. The Morgan fingerprint density at radius 1 is 0.442 bits per heavy atom. The first-order valence-electron chi connectivity index (χ1n) is 26.8. The fraction of sp³-hybridized carbons (Fsp3) is 0.418. The predicted octanol–water partition coefficient (Wildman–Crippen LogP) is -2.51. The van der Waals surface area contributed by atoms with E-state index < -0.39 is 169 Å². The van der Waals surface area contributed by atoms with Crippen molar-refractivity contribution in [2.75, 3.05) is 18.8 Å². The maximum Gasteiger partial charge on any atom is 0.327 e. The second-order valence-corrected chi connectivity index (χ2v) is 20.3. The maximum absolute atomic E-state index is 14.1. The fourth-order valence-electron chi connectivity index (χ4n) is 7.95. The largest absolute Gasteiger partial charge is 0.481 e. The number of carboxylic acids is 5. The van der Waals surface area contributed by atoms with Crippen molar-refractivity contribution in [2.45, 2.75) is 126 Å². The van der Waals surface area contributed by atoms with Crippen LogP contribution in [0.5, 0.6) is 0 Å². The summed E-state index contributed by atoms with van der Waals surface area (Å²) in [6.45, 7) is 0.381. The summed E-state index contributed by atoms with van der Waals surface area (Å²) < 4.78 is 0. The smallest absolute Gasteiger partial charge is 0.327 e. The number of amides is 8. The molecule has 0 aliphatic rings. The van der Waals surface area contributed by atoms with Gasteiger partial charge in [-0.2, -0.15) is 12.6 Å². The first-order chi connectivity index (χ1) is 40.7. The minimum Gasteiger partial charge on any atom is -0.481 e. The second-order valence-electron chi connectivity index (χ2n) is 19.6. The lowest BCUT2D eigenvalue weighted by Gasteiger charge is -2.24. The lowest BCUT2D eigenvalue weighted by atomic mass is 10.0. The molecule has 29 nitrogen and oxygen atoms in total. The van der Waals surface area contributed by atoms with Crippen molar-refractivity contribution in [3.8, 4) is 0 Å². The molecule has 0 saturated heterocycles. The van der Waals surface area contributed by atoms with Crippen molar-refractivity contribution >= 4 is 107 Å². The first-order valence-corrected chi connectivity index (χ1v) is 27.8. The number of benzene rings is 3. The van der Waals surface area contributed by atoms with Crippen LogP contribution < -0.4 is 58.9 Å². The van der Waals surface area contributed by atoms with Gasteiger partial charge >= 0.3 is 29.8 Å². The third-order valence-corrected chi connectivity index (χ3v) is 13.2. The van der Waals surface area contributed by atoms with Crippen molar-refractivity contribution in [1.29, 1.82) is 0 Å². The molecule has 31 heteroatoms. The van der Waals surface area contributed by atoms with Crippen LogP contribution in [0.2, 0.25) is 0 Å². The molecule has 1 unspecified atom stereocenters. The molecule has 8 amide bonds. The lowest BCUT2D eigenvalue weighted by Crippen LogP contribution is -2.59.